The predicted molar refractivity (Wildman–Crippen MR) is 70.2 cm³/mol. The average Bonchev–Trinajstić information content (AvgIpc) is 2.80. The van der Waals surface area contributed by atoms with Gasteiger partial charge in [0.2, 0.25) is 0 Å². The minimum Gasteiger partial charge on any atom is -0.382 e. The molecule has 0 amide bonds. The predicted octanol–water partition coefficient (Wildman–Crippen LogP) is 1.45. The number of aromatic nitrogens is 4. The molecule has 6 heteroatoms. The van der Waals surface area contributed by atoms with Crippen molar-refractivity contribution >= 4 is 11.5 Å². The van der Waals surface area contributed by atoms with Gasteiger partial charge in [0.1, 0.15) is 17.2 Å². The SMILES string of the molecule is CCn1nc2c(n1)C(C)N(C)c1c-2ccnc1N. The second kappa shape index (κ2) is 3.69. The Morgan fingerprint density at radius 1 is 1.39 bits per heavy atom. The number of nitrogens with zero attached hydrogens (tertiary/aromatic N) is 5. The summed E-state index contributed by atoms with van der Waals surface area (Å²) in [6.45, 7) is 4.89. The van der Waals surface area contributed by atoms with Crippen molar-refractivity contribution in [2.24, 2.45) is 0 Å². The topological polar surface area (TPSA) is 72.9 Å². The van der Waals surface area contributed by atoms with Crippen molar-refractivity contribution in [2.75, 3.05) is 17.7 Å². The van der Waals surface area contributed by atoms with E-state index in [2.05, 4.69) is 27.0 Å². The molecule has 1 aliphatic heterocycles. The van der Waals surface area contributed by atoms with Gasteiger partial charge in [-0.25, -0.2) is 4.98 Å². The number of nitrogen functional groups attached to an aromatic ring is 1. The van der Waals surface area contributed by atoms with Crippen molar-refractivity contribution in [3.63, 3.8) is 0 Å². The summed E-state index contributed by atoms with van der Waals surface area (Å²) in [4.78, 5) is 7.99. The van der Waals surface area contributed by atoms with E-state index < -0.39 is 0 Å². The fraction of sp³-hybridized carbons (Fsp3) is 0.417. The number of fused-ring (bicyclic) bond motifs is 3. The van der Waals surface area contributed by atoms with Crippen molar-refractivity contribution in [1.29, 1.82) is 0 Å². The van der Waals surface area contributed by atoms with Gasteiger partial charge in [-0.2, -0.15) is 15.0 Å². The van der Waals surface area contributed by atoms with Crippen molar-refractivity contribution in [2.45, 2.75) is 26.4 Å². The molecule has 1 unspecified atom stereocenters. The molecule has 0 fully saturated rings. The van der Waals surface area contributed by atoms with Gasteiger partial charge in [-0.3, -0.25) is 0 Å². The minimum absolute atomic E-state index is 0.152. The Bertz CT molecular complexity index is 603. The third-order valence-electron chi connectivity index (χ3n) is 3.50. The van der Waals surface area contributed by atoms with Crippen molar-refractivity contribution in [1.82, 2.24) is 20.0 Å². The lowest BCUT2D eigenvalue weighted by molar-refractivity contribution is 0.557. The fourth-order valence-corrected chi connectivity index (χ4v) is 2.38. The molecule has 0 aromatic carbocycles. The Morgan fingerprint density at radius 2 is 2.17 bits per heavy atom. The summed E-state index contributed by atoms with van der Waals surface area (Å²) in [5.41, 5.74) is 9.86. The number of nitrogens with two attached hydrogens (primary N) is 1. The smallest absolute Gasteiger partial charge is 0.147 e. The summed E-state index contributed by atoms with van der Waals surface area (Å²) in [5.74, 6) is 0.540. The van der Waals surface area contributed by atoms with E-state index in [-0.39, 0.29) is 6.04 Å². The van der Waals surface area contributed by atoms with Crippen molar-refractivity contribution < 1.29 is 0 Å². The molecule has 2 N–H and O–H groups in total. The van der Waals surface area contributed by atoms with E-state index in [1.54, 1.807) is 11.0 Å². The molecule has 18 heavy (non-hydrogen) atoms. The summed E-state index contributed by atoms with van der Waals surface area (Å²) >= 11 is 0. The van der Waals surface area contributed by atoms with E-state index in [1.165, 1.54) is 0 Å². The Hall–Kier alpha value is -2.11. The fourth-order valence-electron chi connectivity index (χ4n) is 2.38. The largest absolute Gasteiger partial charge is 0.382 e. The maximum atomic E-state index is 5.98. The van der Waals surface area contributed by atoms with Crippen LogP contribution in [-0.4, -0.2) is 27.0 Å². The molecule has 3 heterocycles. The molecule has 94 valence electrons. The van der Waals surface area contributed by atoms with E-state index in [4.69, 9.17) is 5.73 Å². The third kappa shape index (κ3) is 1.32. The molecule has 1 aliphatic rings. The molecule has 6 nitrogen and oxygen atoms in total. The molecule has 0 saturated heterocycles. The zero-order valence-corrected chi connectivity index (χ0v) is 10.8. The van der Waals surface area contributed by atoms with Crippen LogP contribution in [0.1, 0.15) is 25.6 Å². The summed E-state index contributed by atoms with van der Waals surface area (Å²) < 4.78 is 0. The highest BCUT2D eigenvalue weighted by Gasteiger charge is 2.31. The summed E-state index contributed by atoms with van der Waals surface area (Å²) in [5, 5.41) is 9.06. The normalized spacial score (nSPS) is 17.5. The van der Waals surface area contributed by atoms with Crippen LogP contribution >= 0.6 is 0 Å². The first-order valence-corrected chi connectivity index (χ1v) is 6.06. The first-order valence-electron chi connectivity index (χ1n) is 6.06. The first-order chi connectivity index (χ1) is 8.63. The number of aryl methyl sites for hydroxylation is 1. The molecule has 3 rings (SSSR count). The Balaban J connectivity index is 2.30. The molecule has 0 saturated carbocycles. The van der Waals surface area contributed by atoms with Crippen molar-refractivity contribution in [3.05, 3.63) is 18.0 Å². The molecular weight excluding hydrogens is 228 g/mol. The second-order valence-corrected chi connectivity index (χ2v) is 4.50. The lowest BCUT2D eigenvalue weighted by Crippen LogP contribution is -2.27. The van der Waals surface area contributed by atoms with Crippen LogP contribution in [0.4, 0.5) is 11.5 Å². The van der Waals surface area contributed by atoms with Gasteiger partial charge in [-0.1, -0.05) is 0 Å². The van der Waals surface area contributed by atoms with Gasteiger partial charge < -0.3 is 10.6 Å². The number of rotatable bonds is 1. The maximum Gasteiger partial charge on any atom is 0.147 e. The van der Waals surface area contributed by atoms with E-state index in [0.717, 1.165) is 29.2 Å². The van der Waals surface area contributed by atoms with Gasteiger partial charge in [-0.05, 0) is 19.9 Å². The quantitative estimate of drug-likeness (QED) is 0.822. The van der Waals surface area contributed by atoms with Crippen LogP contribution in [0, 0.1) is 0 Å². The average molecular weight is 244 g/mol. The number of hydrogen-bond donors (Lipinski definition) is 1. The first kappa shape index (κ1) is 11.0. The Kier molecular flexibility index (Phi) is 2.26. The number of hydrogen-bond acceptors (Lipinski definition) is 5. The molecule has 0 bridgehead atoms. The zero-order valence-electron chi connectivity index (χ0n) is 10.8. The Morgan fingerprint density at radius 3 is 2.89 bits per heavy atom. The van der Waals surface area contributed by atoms with Crippen LogP contribution in [0.3, 0.4) is 0 Å². The van der Waals surface area contributed by atoms with E-state index in [0.29, 0.717) is 5.82 Å². The van der Waals surface area contributed by atoms with Gasteiger partial charge in [0.05, 0.1) is 18.3 Å². The molecule has 0 aliphatic carbocycles. The van der Waals surface area contributed by atoms with Crippen molar-refractivity contribution in [3.8, 4) is 11.3 Å². The summed E-state index contributed by atoms with van der Waals surface area (Å²) in [6.07, 6.45) is 1.72. The molecule has 2 aromatic rings. The zero-order chi connectivity index (χ0) is 12.9. The monoisotopic (exact) mass is 244 g/mol. The highest BCUT2D eigenvalue weighted by molar-refractivity contribution is 5.87. The molecule has 0 radical (unpaired) electrons. The standard InChI is InChI=1S/C12H16N6/c1-4-18-15-9-7(2)17(3)11-8(10(9)16-18)5-6-14-12(11)13/h5-7H,4H2,1-3H3,(H2,13,14). The lowest BCUT2D eigenvalue weighted by atomic mass is 9.99. The van der Waals surface area contributed by atoms with Crippen LogP contribution in [0.2, 0.25) is 0 Å². The molecule has 2 aromatic heterocycles. The lowest BCUT2D eigenvalue weighted by Gasteiger charge is -2.32. The highest BCUT2D eigenvalue weighted by Crippen LogP contribution is 2.43. The second-order valence-electron chi connectivity index (χ2n) is 4.50. The maximum absolute atomic E-state index is 5.98. The van der Waals surface area contributed by atoms with Crippen LogP contribution < -0.4 is 10.6 Å². The summed E-state index contributed by atoms with van der Waals surface area (Å²) in [7, 11) is 2.01. The van der Waals surface area contributed by atoms with E-state index >= 15 is 0 Å². The highest BCUT2D eigenvalue weighted by atomic mass is 15.5. The van der Waals surface area contributed by atoms with Gasteiger partial charge in [0.25, 0.3) is 0 Å². The molecular formula is C12H16N6. The minimum atomic E-state index is 0.152. The summed E-state index contributed by atoms with van der Waals surface area (Å²) in [6, 6.07) is 2.10. The van der Waals surface area contributed by atoms with Gasteiger partial charge in [-0.15, -0.1) is 0 Å². The van der Waals surface area contributed by atoms with Gasteiger partial charge in [0, 0.05) is 18.8 Å². The van der Waals surface area contributed by atoms with Crippen LogP contribution in [0.15, 0.2) is 12.3 Å². The molecule has 1 atom stereocenters. The van der Waals surface area contributed by atoms with Gasteiger partial charge >= 0.3 is 0 Å². The van der Waals surface area contributed by atoms with Crippen LogP contribution in [0.5, 0.6) is 0 Å². The Labute approximate surface area is 105 Å². The van der Waals surface area contributed by atoms with Crippen LogP contribution in [-0.2, 0) is 6.54 Å². The number of pyridine rings is 1. The van der Waals surface area contributed by atoms with Gasteiger partial charge in [0.15, 0.2) is 0 Å². The third-order valence-corrected chi connectivity index (χ3v) is 3.50. The molecule has 0 spiro atoms. The van der Waals surface area contributed by atoms with Crippen LogP contribution in [0.25, 0.3) is 11.3 Å². The van der Waals surface area contributed by atoms with E-state index in [9.17, 15) is 0 Å². The van der Waals surface area contributed by atoms with E-state index in [1.807, 2.05) is 20.0 Å². The number of anilines is 2.